The molecule has 0 aromatic carbocycles. The second kappa shape index (κ2) is 6.21. The van der Waals surface area contributed by atoms with Crippen molar-refractivity contribution in [3.8, 4) is 0 Å². The summed E-state index contributed by atoms with van der Waals surface area (Å²) in [6.45, 7) is 0. The summed E-state index contributed by atoms with van der Waals surface area (Å²) in [5, 5.41) is 4.12. The largest absolute Gasteiger partial charge is 0.317 e. The van der Waals surface area contributed by atoms with Crippen molar-refractivity contribution in [2.45, 2.75) is 36.9 Å². The first-order valence-electron chi connectivity index (χ1n) is 6.15. The fraction of sp³-hybridized carbons (Fsp3) is 0.667. The van der Waals surface area contributed by atoms with Gasteiger partial charge in [0.2, 0.25) is 0 Å². The van der Waals surface area contributed by atoms with Crippen LogP contribution in [0.3, 0.4) is 0 Å². The van der Waals surface area contributed by atoms with Crippen LogP contribution in [-0.2, 0) is 0 Å². The van der Waals surface area contributed by atoms with Crippen LogP contribution < -0.4 is 10.9 Å². The summed E-state index contributed by atoms with van der Waals surface area (Å²) in [5.74, 6) is 1.80. The van der Waals surface area contributed by atoms with Crippen molar-refractivity contribution in [2.75, 3.05) is 12.8 Å². The smallest absolute Gasteiger partial charge is 0.251 e. The highest BCUT2D eigenvalue weighted by Crippen LogP contribution is 2.29. The normalized spacial score (nSPS) is 24.1. The minimum Gasteiger partial charge on any atom is -0.317 e. The van der Waals surface area contributed by atoms with Crippen molar-refractivity contribution in [1.82, 2.24) is 15.3 Å². The van der Waals surface area contributed by atoms with Crippen molar-refractivity contribution in [3.05, 3.63) is 22.6 Å². The zero-order valence-electron chi connectivity index (χ0n) is 10.1. The molecule has 0 saturated heterocycles. The highest BCUT2D eigenvalue weighted by molar-refractivity contribution is 7.99. The average molecular weight is 253 g/mol. The summed E-state index contributed by atoms with van der Waals surface area (Å²) in [5.41, 5.74) is -0.0727. The van der Waals surface area contributed by atoms with Crippen molar-refractivity contribution in [3.63, 3.8) is 0 Å². The minimum absolute atomic E-state index is 0.0727. The van der Waals surface area contributed by atoms with Gasteiger partial charge in [-0.3, -0.25) is 4.79 Å². The molecule has 5 heteroatoms. The fourth-order valence-corrected chi connectivity index (χ4v) is 3.42. The van der Waals surface area contributed by atoms with E-state index in [0.717, 1.165) is 16.8 Å². The maximum atomic E-state index is 11.1. The lowest BCUT2D eigenvalue weighted by Gasteiger charge is -2.18. The molecule has 17 heavy (non-hydrogen) atoms. The van der Waals surface area contributed by atoms with E-state index in [0.29, 0.717) is 6.04 Å². The molecule has 1 heterocycles. The van der Waals surface area contributed by atoms with Gasteiger partial charge in [-0.1, -0.05) is 18.2 Å². The average Bonchev–Trinajstić information content (AvgIpc) is 2.77. The van der Waals surface area contributed by atoms with E-state index in [-0.39, 0.29) is 5.56 Å². The van der Waals surface area contributed by atoms with E-state index >= 15 is 0 Å². The Morgan fingerprint density at radius 1 is 1.59 bits per heavy atom. The molecule has 0 radical (unpaired) electrons. The molecule has 1 saturated carbocycles. The Kier molecular flexibility index (Phi) is 4.62. The second-order valence-corrected chi connectivity index (χ2v) is 5.55. The van der Waals surface area contributed by atoms with Gasteiger partial charge < -0.3 is 10.3 Å². The molecule has 1 aromatic rings. The maximum absolute atomic E-state index is 11.1. The van der Waals surface area contributed by atoms with Crippen molar-refractivity contribution in [2.24, 2.45) is 5.92 Å². The van der Waals surface area contributed by atoms with Crippen LogP contribution in [0.2, 0.25) is 0 Å². The first-order chi connectivity index (χ1) is 8.29. The Hall–Kier alpha value is -0.810. The Morgan fingerprint density at radius 3 is 3.24 bits per heavy atom. The van der Waals surface area contributed by atoms with Gasteiger partial charge in [0.1, 0.15) is 0 Å². The molecule has 0 aliphatic heterocycles. The van der Waals surface area contributed by atoms with Crippen LogP contribution in [0, 0.1) is 5.92 Å². The maximum Gasteiger partial charge on any atom is 0.251 e. The van der Waals surface area contributed by atoms with Gasteiger partial charge >= 0.3 is 0 Å². The topological polar surface area (TPSA) is 57.8 Å². The predicted octanol–water partition coefficient (Wildman–Crippen LogP) is 1.64. The third-order valence-electron chi connectivity index (χ3n) is 3.41. The molecule has 2 unspecified atom stereocenters. The monoisotopic (exact) mass is 253 g/mol. The molecular formula is C12H19N3OS. The van der Waals surface area contributed by atoms with E-state index in [1.807, 2.05) is 7.05 Å². The van der Waals surface area contributed by atoms with Gasteiger partial charge in [-0.2, -0.15) is 0 Å². The van der Waals surface area contributed by atoms with Crippen LogP contribution in [0.25, 0.3) is 0 Å². The molecule has 0 bridgehead atoms. The summed E-state index contributed by atoms with van der Waals surface area (Å²) < 4.78 is 0. The zero-order valence-corrected chi connectivity index (χ0v) is 10.9. The molecule has 4 nitrogen and oxygen atoms in total. The van der Waals surface area contributed by atoms with E-state index in [2.05, 4.69) is 15.3 Å². The molecule has 1 aliphatic rings. The lowest BCUT2D eigenvalue weighted by Crippen LogP contribution is -2.29. The number of nitrogens with zero attached hydrogens (tertiary/aromatic N) is 1. The summed E-state index contributed by atoms with van der Waals surface area (Å²) >= 11 is 1.64. The first kappa shape index (κ1) is 12.6. The molecule has 1 fully saturated rings. The third-order valence-corrected chi connectivity index (χ3v) is 4.33. The van der Waals surface area contributed by atoms with E-state index in [1.165, 1.54) is 31.7 Å². The summed E-state index contributed by atoms with van der Waals surface area (Å²) in [7, 11) is 2.05. The molecule has 2 atom stereocenters. The lowest BCUT2D eigenvalue weighted by atomic mass is 10.0. The Bertz CT molecular complexity index is 407. The van der Waals surface area contributed by atoms with Gasteiger partial charge in [0, 0.05) is 24.1 Å². The van der Waals surface area contributed by atoms with Gasteiger partial charge in [-0.25, -0.2) is 4.98 Å². The number of thioether (sulfide) groups is 1. The molecule has 2 rings (SSSR count). The third kappa shape index (κ3) is 3.57. The minimum atomic E-state index is -0.0727. The van der Waals surface area contributed by atoms with Gasteiger partial charge in [-0.05, 0) is 32.2 Å². The Morgan fingerprint density at radius 2 is 2.47 bits per heavy atom. The molecular weight excluding hydrogens is 234 g/mol. The van der Waals surface area contributed by atoms with Gasteiger partial charge in [0.05, 0.1) is 0 Å². The van der Waals surface area contributed by atoms with Crippen LogP contribution in [0.4, 0.5) is 0 Å². The first-order valence-corrected chi connectivity index (χ1v) is 7.13. The second-order valence-electron chi connectivity index (χ2n) is 4.46. The van der Waals surface area contributed by atoms with Crippen LogP contribution >= 0.6 is 11.8 Å². The van der Waals surface area contributed by atoms with Crippen LogP contribution in [0.1, 0.15) is 25.7 Å². The van der Waals surface area contributed by atoms with Crippen LogP contribution in [0.5, 0.6) is 0 Å². The highest BCUT2D eigenvalue weighted by Gasteiger charge is 2.25. The molecule has 0 spiro atoms. The molecule has 1 aromatic heterocycles. The summed E-state index contributed by atoms with van der Waals surface area (Å²) in [6, 6.07) is 2.12. The van der Waals surface area contributed by atoms with Crippen LogP contribution in [-0.4, -0.2) is 28.8 Å². The summed E-state index contributed by atoms with van der Waals surface area (Å²) in [6.07, 6.45) is 6.71. The lowest BCUT2D eigenvalue weighted by molar-refractivity contribution is 0.417. The van der Waals surface area contributed by atoms with E-state index in [1.54, 1.807) is 18.0 Å². The molecule has 2 N–H and O–H groups in total. The number of rotatable bonds is 5. The van der Waals surface area contributed by atoms with Gasteiger partial charge in [-0.15, -0.1) is 0 Å². The molecule has 0 amide bonds. The number of H-pyrrole nitrogens is 1. The van der Waals surface area contributed by atoms with Crippen molar-refractivity contribution in [1.29, 1.82) is 0 Å². The number of aromatic amines is 1. The van der Waals surface area contributed by atoms with E-state index in [4.69, 9.17) is 0 Å². The number of nitrogens with one attached hydrogen (secondary N) is 2. The highest BCUT2D eigenvalue weighted by atomic mass is 32.2. The van der Waals surface area contributed by atoms with E-state index < -0.39 is 0 Å². The zero-order chi connectivity index (χ0) is 12.1. The summed E-state index contributed by atoms with van der Waals surface area (Å²) in [4.78, 5) is 18.0. The standard InChI is InChI=1S/C12H19N3OS/c1-13-10-4-2-3-9(10)6-8-17-12-14-7-5-11(16)15-12/h5,7,9-10,13H,2-4,6,8H2,1H3,(H,14,15,16). The molecule has 1 aliphatic carbocycles. The van der Waals surface area contributed by atoms with Gasteiger partial charge in [0.25, 0.3) is 5.56 Å². The Labute approximate surface area is 106 Å². The number of aromatic nitrogens is 2. The van der Waals surface area contributed by atoms with Crippen molar-refractivity contribution >= 4 is 11.8 Å². The molecule has 94 valence electrons. The quantitative estimate of drug-likeness (QED) is 0.619. The van der Waals surface area contributed by atoms with Crippen LogP contribution in [0.15, 0.2) is 22.2 Å². The van der Waals surface area contributed by atoms with Crippen molar-refractivity contribution < 1.29 is 0 Å². The SMILES string of the molecule is CNC1CCCC1CCSc1nccc(=O)[nH]1. The number of hydrogen-bond donors (Lipinski definition) is 2. The predicted molar refractivity (Wildman–Crippen MR) is 70.4 cm³/mol. The number of hydrogen-bond acceptors (Lipinski definition) is 4. The Balaban J connectivity index is 1.78. The fourth-order valence-electron chi connectivity index (χ4n) is 2.49. The van der Waals surface area contributed by atoms with Gasteiger partial charge in [0.15, 0.2) is 5.16 Å². The van der Waals surface area contributed by atoms with E-state index in [9.17, 15) is 4.79 Å².